The molecule has 1 aromatic rings. The molecule has 19 heavy (non-hydrogen) atoms. The van der Waals surface area contributed by atoms with Crippen molar-refractivity contribution in [3.8, 4) is 0 Å². The second-order valence-electron chi connectivity index (χ2n) is 4.99. The zero-order chi connectivity index (χ0) is 14.0. The molecule has 0 radical (unpaired) electrons. The number of halogens is 1. The summed E-state index contributed by atoms with van der Waals surface area (Å²) in [6.07, 6.45) is 0. The highest BCUT2D eigenvalue weighted by molar-refractivity contribution is 9.10. The minimum atomic E-state index is -3.34. The largest absolute Gasteiger partial charge is 0.298 e. The summed E-state index contributed by atoms with van der Waals surface area (Å²) in [7, 11) is -3.34. The Hall–Kier alpha value is -0.430. The first-order chi connectivity index (χ1) is 8.91. The Bertz CT molecular complexity index is 520. The Morgan fingerprint density at radius 1 is 1.05 bits per heavy atom. The van der Waals surface area contributed by atoms with E-state index in [0.717, 1.165) is 17.6 Å². The number of hydrogen-bond acceptors (Lipinski definition) is 3. The fourth-order valence-corrected chi connectivity index (χ4v) is 3.90. The minimum Gasteiger partial charge on any atom is -0.298 e. The number of hydrogen-bond donors (Lipinski definition) is 0. The van der Waals surface area contributed by atoms with Gasteiger partial charge in [0.25, 0.3) is 0 Å². The van der Waals surface area contributed by atoms with Gasteiger partial charge in [0.1, 0.15) is 0 Å². The van der Waals surface area contributed by atoms with Crippen LogP contribution in [-0.2, 0) is 10.0 Å². The van der Waals surface area contributed by atoms with E-state index in [-0.39, 0.29) is 0 Å². The van der Waals surface area contributed by atoms with E-state index >= 15 is 0 Å². The topological polar surface area (TPSA) is 40.6 Å². The Labute approximate surface area is 123 Å². The van der Waals surface area contributed by atoms with Gasteiger partial charge in [-0.1, -0.05) is 15.9 Å². The number of nitrogens with zero attached hydrogens (tertiary/aromatic N) is 2. The first kappa shape index (κ1) is 15.0. The molecule has 0 unspecified atom stereocenters. The average molecular weight is 347 g/mol. The quantitative estimate of drug-likeness (QED) is 0.841. The van der Waals surface area contributed by atoms with E-state index in [0.29, 0.717) is 24.0 Å². The van der Waals surface area contributed by atoms with Crippen LogP contribution in [0.2, 0.25) is 0 Å². The van der Waals surface area contributed by atoms with Crippen LogP contribution in [0.1, 0.15) is 13.8 Å². The van der Waals surface area contributed by atoms with Gasteiger partial charge >= 0.3 is 0 Å². The molecule has 0 N–H and O–H groups in total. The zero-order valence-electron chi connectivity index (χ0n) is 11.2. The van der Waals surface area contributed by atoms with Crippen molar-refractivity contribution in [2.24, 2.45) is 0 Å². The highest BCUT2D eigenvalue weighted by Gasteiger charge is 2.28. The van der Waals surface area contributed by atoms with Gasteiger partial charge in [-0.2, -0.15) is 4.31 Å². The normalized spacial score (nSPS) is 18.9. The Kier molecular flexibility index (Phi) is 4.66. The summed E-state index contributed by atoms with van der Waals surface area (Å²) in [6.45, 7) is 7.01. The molecular formula is C13H19BrN2O2S. The summed E-state index contributed by atoms with van der Waals surface area (Å²) in [6, 6.07) is 7.29. The van der Waals surface area contributed by atoms with Gasteiger partial charge in [-0.15, -0.1) is 0 Å². The van der Waals surface area contributed by atoms with Crippen molar-refractivity contribution in [2.75, 3.05) is 26.2 Å². The first-order valence-electron chi connectivity index (χ1n) is 6.41. The zero-order valence-corrected chi connectivity index (χ0v) is 13.6. The number of sulfonamides is 1. The van der Waals surface area contributed by atoms with E-state index < -0.39 is 10.0 Å². The van der Waals surface area contributed by atoms with Crippen molar-refractivity contribution in [2.45, 2.75) is 24.8 Å². The first-order valence-corrected chi connectivity index (χ1v) is 8.64. The summed E-state index contributed by atoms with van der Waals surface area (Å²) in [5.74, 6) is 0. The molecule has 1 saturated heterocycles. The van der Waals surface area contributed by atoms with Crippen molar-refractivity contribution >= 4 is 26.0 Å². The Morgan fingerprint density at radius 3 is 2.05 bits per heavy atom. The van der Waals surface area contributed by atoms with Gasteiger partial charge < -0.3 is 0 Å². The average Bonchev–Trinajstić information content (AvgIpc) is 2.39. The van der Waals surface area contributed by atoms with Crippen LogP contribution in [0.5, 0.6) is 0 Å². The smallest absolute Gasteiger partial charge is 0.243 e. The maximum atomic E-state index is 12.5. The van der Waals surface area contributed by atoms with Crippen LogP contribution in [0.15, 0.2) is 33.6 Å². The molecular weight excluding hydrogens is 328 g/mol. The third-order valence-corrected chi connectivity index (χ3v) is 5.90. The molecule has 0 atom stereocenters. The summed E-state index contributed by atoms with van der Waals surface area (Å²) in [4.78, 5) is 2.67. The predicted molar refractivity (Wildman–Crippen MR) is 79.6 cm³/mol. The highest BCUT2D eigenvalue weighted by Crippen LogP contribution is 2.20. The van der Waals surface area contributed by atoms with Gasteiger partial charge in [-0.25, -0.2) is 8.42 Å². The van der Waals surface area contributed by atoms with Gasteiger partial charge in [0, 0.05) is 36.7 Å². The van der Waals surface area contributed by atoms with E-state index in [9.17, 15) is 8.42 Å². The molecule has 0 aliphatic carbocycles. The summed E-state index contributed by atoms with van der Waals surface area (Å²) in [5, 5.41) is 0. The lowest BCUT2D eigenvalue weighted by atomic mass is 10.3. The molecule has 0 bridgehead atoms. The SMILES string of the molecule is CC(C)N1CCN(S(=O)(=O)c2ccc(Br)cc2)CC1. The standard InChI is InChI=1S/C13H19BrN2O2S/c1-11(2)15-7-9-16(10-8-15)19(17,18)13-5-3-12(14)4-6-13/h3-6,11H,7-10H2,1-2H3. The van der Waals surface area contributed by atoms with E-state index in [1.165, 1.54) is 0 Å². The lowest BCUT2D eigenvalue weighted by molar-refractivity contribution is 0.154. The molecule has 1 aromatic carbocycles. The highest BCUT2D eigenvalue weighted by atomic mass is 79.9. The van der Waals surface area contributed by atoms with E-state index in [1.807, 2.05) is 0 Å². The molecule has 0 spiro atoms. The second-order valence-corrected chi connectivity index (χ2v) is 7.84. The molecule has 0 saturated carbocycles. The van der Waals surface area contributed by atoms with Crippen LogP contribution in [-0.4, -0.2) is 49.8 Å². The van der Waals surface area contributed by atoms with E-state index in [4.69, 9.17) is 0 Å². The lowest BCUT2D eigenvalue weighted by Crippen LogP contribution is -2.50. The fourth-order valence-electron chi connectivity index (χ4n) is 2.22. The summed E-state index contributed by atoms with van der Waals surface area (Å²) < 4.78 is 27.4. The Morgan fingerprint density at radius 2 is 1.58 bits per heavy atom. The molecule has 106 valence electrons. The fraction of sp³-hybridized carbons (Fsp3) is 0.538. The monoisotopic (exact) mass is 346 g/mol. The second kappa shape index (κ2) is 5.91. The van der Waals surface area contributed by atoms with Gasteiger partial charge in [-0.05, 0) is 38.1 Å². The van der Waals surface area contributed by atoms with Crippen molar-refractivity contribution < 1.29 is 8.42 Å². The van der Waals surface area contributed by atoms with E-state index in [1.54, 1.807) is 28.6 Å². The van der Waals surface area contributed by atoms with Crippen molar-refractivity contribution in [1.82, 2.24) is 9.21 Å². The van der Waals surface area contributed by atoms with Gasteiger partial charge in [0.2, 0.25) is 10.0 Å². The third kappa shape index (κ3) is 3.37. The van der Waals surface area contributed by atoms with Crippen LogP contribution in [0, 0.1) is 0 Å². The molecule has 4 nitrogen and oxygen atoms in total. The van der Waals surface area contributed by atoms with Crippen LogP contribution in [0.3, 0.4) is 0 Å². The third-order valence-electron chi connectivity index (χ3n) is 3.45. The predicted octanol–water partition coefficient (Wildman–Crippen LogP) is 2.16. The molecule has 1 aliphatic rings. The van der Waals surface area contributed by atoms with Gasteiger partial charge in [0.15, 0.2) is 0 Å². The van der Waals surface area contributed by atoms with Crippen LogP contribution >= 0.6 is 15.9 Å². The van der Waals surface area contributed by atoms with Gasteiger partial charge in [-0.3, -0.25) is 4.90 Å². The summed E-state index contributed by atoms with van der Waals surface area (Å²) >= 11 is 3.32. The van der Waals surface area contributed by atoms with E-state index in [2.05, 4.69) is 34.7 Å². The molecule has 2 rings (SSSR count). The molecule has 0 aromatic heterocycles. The molecule has 0 amide bonds. The molecule has 1 fully saturated rings. The lowest BCUT2D eigenvalue weighted by Gasteiger charge is -2.36. The Balaban J connectivity index is 2.12. The van der Waals surface area contributed by atoms with Crippen molar-refractivity contribution in [1.29, 1.82) is 0 Å². The van der Waals surface area contributed by atoms with Crippen LogP contribution in [0.25, 0.3) is 0 Å². The number of benzene rings is 1. The summed E-state index contributed by atoms with van der Waals surface area (Å²) in [5.41, 5.74) is 0. The number of piperazine rings is 1. The molecule has 1 aliphatic heterocycles. The van der Waals surface area contributed by atoms with Crippen molar-refractivity contribution in [3.05, 3.63) is 28.7 Å². The maximum absolute atomic E-state index is 12.5. The van der Waals surface area contributed by atoms with Crippen LogP contribution < -0.4 is 0 Å². The van der Waals surface area contributed by atoms with Crippen molar-refractivity contribution in [3.63, 3.8) is 0 Å². The number of rotatable bonds is 3. The van der Waals surface area contributed by atoms with Crippen LogP contribution in [0.4, 0.5) is 0 Å². The molecule has 1 heterocycles. The van der Waals surface area contributed by atoms with Gasteiger partial charge in [0.05, 0.1) is 4.90 Å². The molecule has 6 heteroatoms. The minimum absolute atomic E-state index is 0.369. The maximum Gasteiger partial charge on any atom is 0.243 e.